The van der Waals surface area contributed by atoms with Crippen LogP contribution in [-0.4, -0.2) is 65.0 Å². The van der Waals surface area contributed by atoms with Gasteiger partial charge < -0.3 is 9.88 Å². The van der Waals surface area contributed by atoms with Crippen molar-refractivity contribution in [2.75, 3.05) is 25.9 Å². The summed E-state index contributed by atoms with van der Waals surface area (Å²) in [5.41, 5.74) is 1.68. The second-order valence-corrected chi connectivity index (χ2v) is 8.65. The van der Waals surface area contributed by atoms with Crippen molar-refractivity contribution in [2.24, 2.45) is 7.05 Å². The number of likely N-dealkylation sites (tertiary alicyclic amines) is 1. The summed E-state index contributed by atoms with van der Waals surface area (Å²) in [6.07, 6.45) is 2.47. The number of nitrogens with one attached hydrogen (secondary N) is 1. The quantitative estimate of drug-likeness (QED) is 0.847. The lowest BCUT2D eigenvalue weighted by Gasteiger charge is -2.36. The number of aromatic amines is 1. The number of nitrogens with zero attached hydrogens (tertiary/aromatic N) is 3. The maximum Gasteiger partial charge on any atom is 0.326 e. The van der Waals surface area contributed by atoms with Crippen molar-refractivity contribution in [3.05, 3.63) is 34.2 Å². The van der Waals surface area contributed by atoms with Crippen LogP contribution >= 0.6 is 0 Å². The Hall–Kier alpha value is -2.13. The van der Waals surface area contributed by atoms with E-state index < -0.39 is 10.0 Å². The van der Waals surface area contributed by atoms with Gasteiger partial charge in [-0.25, -0.2) is 13.2 Å². The van der Waals surface area contributed by atoms with Crippen molar-refractivity contribution in [2.45, 2.75) is 25.8 Å². The number of carbonyl (C=O) groups is 1. The van der Waals surface area contributed by atoms with Crippen LogP contribution in [-0.2, 0) is 17.1 Å². The fraction of sp³-hybridized carbons (Fsp3) is 0.529. The molecule has 0 bridgehead atoms. The van der Waals surface area contributed by atoms with E-state index in [9.17, 15) is 18.0 Å². The molecule has 2 aromatic rings. The topological polar surface area (TPSA) is 95.5 Å². The number of amides is 1. The summed E-state index contributed by atoms with van der Waals surface area (Å²) >= 11 is 0. The number of aromatic nitrogens is 2. The van der Waals surface area contributed by atoms with E-state index in [-0.39, 0.29) is 17.6 Å². The van der Waals surface area contributed by atoms with Gasteiger partial charge in [0.2, 0.25) is 10.0 Å². The fourth-order valence-corrected chi connectivity index (χ4v) is 4.89. The molecule has 1 saturated heterocycles. The number of hydrogen-bond acceptors (Lipinski definition) is 4. The van der Waals surface area contributed by atoms with Crippen LogP contribution in [0.4, 0.5) is 0 Å². The summed E-state index contributed by atoms with van der Waals surface area (Å²) < 4.78 is 26.7. The predicted octanol–water partition coefficient (Wildman–Crippen LogP) is 0.753. The molecule has 9 heteroatoms. The average Bonchev–Trinajstić information content (AvgIpc) is 2.88. The first-order valence-electron chi connectivity index (χ1n) is 8.67. The Kier molecular flexibility index (Phi) is 4.94. The van der Waals surface area contributed by atoms with Gasteiger partial charge in [0.05, 0.1) is 17.3 Å². The highest BCUT2D eigenvalue weighted by Crippen LogP contribution is 2.21. The van der Waals surface area contributed by atoms with Crippen LogP contribution < -0.4 is 5.69 Å². The van der Waals surface area contributed by atoms with Gasteiger partial charge in [0, 0.05) is 38.3 Å². The summed E-state index contributed by atoms with van der Waals surface area (Å²) in [7, 11) is -1.56. The number of imidazole rings is 1. The first kappa shape index (κ1) is 18.7. The van der Waals surface area contributed by atoms with Crippen LogP contribution in [0.3, 0.4) is 0 Å². The molecular weight excluding hydrogens is 356 g/mol. The van der Waals surface area contributed by atoms with Crippen molar-refractivity contribution in [1.82, 2.24) is 18.8 Å². The molecule has 1 aliphatic rings. The molecule has 1 aliphatic heterocycles. The lowest BCUT2D eigenvalue weighted by atomic mass is 10.0. The molecule has 0 spiro atoms. The lowest BCUT2D eigenvalue weighted by Crippen LogP contribution is -2.48. The van der Waals surface area contributed by atoms with Gasteiger partial charge in [0.1, 0.15) is 0 Å². The maximum absolute atomic E-state index is 12.8. The standard InChI is InChI=1S/C17H24N4O4S/c1-4-21(26(3,24)25)13-7-9-20(10-8-13)16(22)12-5-6-15-14(11-12)18-17(23)19(15)2/h5-6,11,13H,4,7-10H2,1-3H3,(H,18,23). The molecular formula is C17H24N4O4S. The zero-order valence-corrected chi connectivity index (χ0v) is 16.0. The minimum absolute atomic E-state index is 0.0630. The Labute approximate surface area is 152 Å². The fourth-order valence-electron chi connectivity index (χ4n) is 3.67. The molecule has 1 aromatic heterocycles. The van der Waals surface area contributed by atoms with Gasteiger partial charge in [-0.1, -0.05) is 6.92 Å². The third kappa shape index (κ3) is 3.41. The zero-order chi connectivity index (χ0) is 19.1. The zero-order valence-electron chi connectivity index (χ0n) is 15.2. The molecule has 0 saturated carbocycles. The van der Waals surface area contributed by atoms with Crippen LogP contribution in [0.2, 0.25) is 0 Å². The summed E-state index contributed by atoms with van der Waals surface area (Å²) in [5, 5.41) is 0. The normalized spacial score (nSPS) is 16.5. The number of rotatable bonds is 4. The van der Waals surface area contributed by atoms with E-state index in [1.807, 2.05) is 6.92 Å². The van der Waals surface area contributed by atoms with E-state index in [4.69, 9.17) is 0 Å². The molecule has 0 radical (unpaired) electrons. The van der Waals surface area contributed by atoms with Crippen molar-refractivity contribution >= 4 is 27.0 Å². The highest BCUT2D eigenvalue weighted by Gasteiger charge is 2.30. The Morgan fingerprint density at radius 1 is 1.31 bits per heavy atom. The van der Waals surface area contributed by atoms with E-state index in [2.05, 4.69) is 4.98 Å². The van der Waals surface area contributed by atoms with Crippen LogP contribution in [0.15, 0.2) is 23.0 Å². The van der Waals surface area contributed by atoms with Gasteiger partial charge in [-0.3, -0.25) is 9.36 Å². The molecule has 2 heterocycles. The summed E-state index contributed by atoms with van der Waals surface area (Å²) in [5.74, 6) is -0.0996. The van der Waals surface area contributed by atoms with E-state index in [1.54, 1.807) is 30.1 Å². The van der Waals surface area contributed by atoms with E-state index in [1.165, 1.54) is 15.1 Å². The first-order chi connectivity index (χ1) is 12.2. The lowest BCUT2D eigenvalue weighted by molar-refractivity contribution is 0.0681. The molecule has 1 aromatic carbocycles. The largest absolute Gasteiger partial charge is 0.339 e. The SMILES string of the molecule is CCN(C1CCN(C(=O)c2ccc3c(c2)[nH]c(=O)n3C)CC1)S(C)(=O)=O. The smallest absolute Gasteiger partial charge is 0.326 e. The number of sulfonamides is 1. The van der Waals surface area contributed by atoms with Crippen LogP contribution in [0.5, 0.6) is 0 Å². The second kappa shape index (κ2) is 6.88. The molecule has 8 nitrogen and oxygen atoms in total. The molecule has 0 unspecified atom stereocenters. The molecule has 0 aliphatic carbocycles. The van der Waals surface area contributed by atoms with E-state index >= 15 is 0 Å². The summed E-state index contributed by atoms with van der Waals surface area (Å²) in [6, 6.07) is 5.11. The Morgan fingerprint density at radius 3 is 2.54 bits per heavy atom. The summed E-state index contributed by atoms with van der Waals surface area (Å²) in [4.78, 5) is 28.9. The number of H-pyrrole nitrogens is 1. The van der Waals surface area contributed by atoms with Crippen molar-refractivity contribution < 1.29 is 13.2 Å². The molecule has 1 fully saturated rings. The number of carbonyl (C=O) groups excluding carboxylic acids is 1. The molecule has 0 atom stereocenters. The van der Waals surface area contributed by atoms with Gasteiger partial charge in [0.15, 0.2) is 0 Å². The second-order valence-electron chi connectivity index (χ2n) is 6.71. The van der Waals surface area contributed by atoms with Gasteiger partial charge in [-0.2, -0.15) is 4.31 Å². The Bertz CT molecular complexity index is 984. The molecule has 3 rings (SSSR count). The number of benzene rings is 1. The van der Waals surface area contributed by atoms with Gasteiger partial charge in [-0.15, -0.1) is 0 Å². The van der Waals surface area contributed by atoms with Crippen molar-refractivity contribution in [3.63, 3.8) is 0 Å². The van der Waals surface area contributed by atoms with Crippen LogP contribution in [0, 0.1) is 0 Å². The Morgan fingerprint density at radius 2 is 1.96 bits per heavy atom. The van der Waals surface area contributed by atoms with E-state index in [0.717, 1.165) is 5.52 Å². The van der Waals surface area contributed by atoms with E-state index in [0.29, 0.717) is 43.6 Å². The van der Waals surface area contributed by atoms with Crippen molar-refractivity contribution in [3.8, 4) is 0 Å². The minimum atomic E-state index is -3.24. The van der Waals surface area contributed by atoms with Crippen LogP contribution in [0.25, 0.3) is 11.0 Å². The highest BCUT2D eigenvalue weighted by molar-refractivity contribution is 7.88. The Balaban J connectivity index is 1.73. The number of hydrogen-bond donors (Lipinski definition) is 1. The van der Waals surface area contributed by atoms with Gasteiger partial charge in [0.25, 0.3) is 5.91 Å². The number of piperidine rings is 1. The average molecular weight is 380 g/mol. The molecule has 1 N–H and O–H groups in total. The molecule has 142 valence electrons. The first-order valence-corrected chi connectivity index (χ1v) is 10.5. The molecule has 1 amide bonds. The maximum atomic E-state index is 12.8. The predicted molar refractivity (Wildman–Crippen MR) is 99.7 cm³/mol. The monoisotopic (exact) mass is 380 g/mol. The third-order valence-electron chi connectivity index (χ3n) is 5.05. The van der Waals surface area contributed by atoms with Gasteiger partial charge in [-0.05, 0) is 31.0 Å². The molecule has 26 heavy (non-hydrogen) atoms. The minimum Gasteiger partial charge on any atom is -0.339 e. The summed E-state index contributed by atoms with van der Waals surface area (Å²) in [6.45, 7) is 3.29. The van der Waals surface area contributed by atoms with Gasteiger partial charge >= 0.3 is 5.69 Å². The third-order valence-corrected chi connectivity index (χ3v) is 6.46. The number of fused-ring (bicyclic) bond motifs is 1. The number of aryl methyl sites for hydroxylation is 1. The van der Waals surface area contributed by atoms with Crippen LogP contribution in [0.1, 0.15) is 30.1 Å². The van der Waals surface area contributed by atoms with Crippen molar-refractivity contribution in [1.29, 1.82) is 0 Å². The highest BCUT2D eigenvalue weighted by atomic mass is 32.2.